The van der Waals surface area contributed by atoms with Gasteiger partial charge in [-0.25, -0.2) is 13.1 Å². The van der Waals surface area contributed by atoms with Gasteiger partial charge in [0.1, 0.15) is 0 Å². The molecule has 0 aliphatic heterocycles. The summed E-state index contributed by atoms with van der Waals surface area (Å²) in [6, 6.07) is 16.9. The van der Waals surface area contributed by atoms with E-state index < -0.39 is 10.0 Å². The van der Waals surface area contributed by atoms with Crippen molar-refractivity contribution in [3.05, 3.63) is 70.7 Å². The lowest BCUT2D eigenvalue weighted by Crippen LogP contribution is -2.31. The molecule has 0 heterocycles. The Morgan fingerprint density at radius 2 is 1.64 bits per heavy atom. The molecule has 0 aromatic heterocycles. The largest absolute Gasteiger partial charge is 0.312 e. The highest BCUT2D eigenvalue weighted by atomic mass is 35.5. The zero-order valence-corrected chi connectivity index (χ0v) is 13.7. The van der Waals surface area contributed by atoms with Gasteiger partial charge in [-0.1, -0.05) is 54.1 Å². The molecule has 0 bridgehead atoms. The van der Waals surface area contributed by atoms with Crippen molar-refractivity contribution in [2.75, 3.05) is 12.3 Å². The van der Waals surface area contributed by atoms with Crippen LogP contribution in [-0.2, 0) is 23.1 Å². The number of sulfonamides is 1. The maximum absolute atomic E-state index is 11.9. The summed E-state index contributed by atoms with van der Waals surface area (Å²) in [4.78, 5) is 0. The summed E-state index contributed by atoms with van der Waals surface area (Å²) >= 11 is 5.90. The minimum absolute atomic E-state index is 0.0421. The van der Waals surface area contributed by atoms with Gasteiger partial charge in [0.25, 0.3) is 0 Å². The molecule has 2 N–H and O–H groups in total. The molecule has 118 valence electrons. The molecule has 2 rings (SSSR count). The lowest BCUT2D eigenvalue weighted by Gasteiger charge is -2.08. The standard InChI is InChI=1S/C16H19ClN2O2S/c17-16-8-4-7-15(11-16)12-18-9-10-22(20,21)19-13-14-5-2-1-3-6-14/h1-8,11,18-19H,9-10,12-13H2. The van der Waals surface area contributed by atoms with Gasteiger partial charge in [-0.3, -0.25) is 0 Å². The number of benzene rings is 2. The summed E-state index contributed by atoms with van der Waals surface area (Å²) in [5, 5.41) is 3.78. The fraction of sp³-hybridized carbons (Fsp3) is 0.250. The Balaban J connectivity index is 1.71. The van der Waals surface area contributed by atoms with Gasteiger partial charge < -0.3 is 5.32 Å². The molecule has 0 saturated carbocycles. The van der Waals surface area contributed by atoms with Crippen LogP contribution in [0, 0.1) is 0 Å². The number of rotatable bonds is 8. The molecule has 0 radical (unpaired) electrons. The SMILES string of the molecule is O=S(=O)(CCNCc1cccc(Cl)c1)NCc1ccccc1. The topological polar surface area (TPSA) is 58.2 Å². The minimum Gasteiger partial charge on any atom is -0.312 e. The van der Waals surface area contributed by atoms with Crippen molar-refractivity contribution in [2.24, 2.45) is 0 Å². The van der Waals surface area contributed by atoms with E-state index in [-0.39, 0.29) is 5.75 Å². The second kappa shape index (κ2) is 8.29. The first-order valence-electron chi connectivity index (χ1n) is 7.01. The first-order chi connectivity index (χ1) is 10.6. The van der Waals surface area contributed by atoms with Gasteiger partial charge in [0.05, 0.1) is 5.75 Å². The molecule has 0 amide bonds. The van der Waals surface area contributed by atoms with Crippen molar-refractivity contribution < 1.29 is 8.42 Å². The Morgan fingerprint density at radius 3 is 2.36 bits per heavy atom. The van der Waals surface area contributed by atoms with E-state index >= 15 is 0 Å². The van der Waals surface area contributed by atoms with Crippen molar-refractivity contribution in [3.8, 4) is 0 Å². The Kier molecular flexibility index (Phi) is 6.39. The third kappa shape index (κ3) is 6.15. The maximum Gasteiger partial charge on any atom is 0.213 e. The molecule has 2 aromatic rings. The molecular weight excluding hydrogens is 320 g/mol. The van der Waals surface area contributed by atoms with Gasteiger partial charge in [0.2, 0.25) is 10.0 Å². The van der Waals surface area contributed by atoms with Crippen LogP contribution in [0.3, 0.4) is 0 Å². The van der Waals surface area contributed by atoms with Crippen molar-refractivity contribution in [2.45, 2.75) is 13.1 Å². The van der Waals surface area contributed by atoms with Gasteiger partial charge in [-0.05, 0) is 23.3 Å². The molecule has 4 nitrogen and oxygen atoms in total. The summed E-state index contributed by atoms with van der Waals surface area (Å²) in [6.45, 7) is 1.29. The number of nitrogens with one attached hydrogen (secondary N) is 2. The summed E-state index contributed by atoms with van der Waals surface area (Å²) in [6.07, 6.45) is 0. The van der Waals surface area contributed by atoms with Crippen molar-refractivity contribution in [1.82, 2.24) is 10.0 Å². The first-order valence-corrected chi connectivity index (χ1v) is 9.05. The Morgan fingerprint density at radius 1 is 0.909 bits per heavy atom. The van der Waals surface area contributed by atoms with Crippen LogP contribution in [0.4, 0.5) is 0 Å². The van der Waals surface area contributed by atoms with Crippen molar-refractivity contribution >= 4 is 21.6 Å². The quantitative estimate of drug-likeness (QED) is 0.727. The van der Waals surface area contributed by atoms with E-state index in [2.05, 4.69) is 10.0 Å². The van der Waals surface area contributed by atoms with Crippen LogP contribution in [0.1, 0.15) is 11.1 Å². The van der Waals surface area contributed by atoms with E-state index in [0.29, 0.717) is 24.7 Å². The highest BCUT2D eigenvalue weighted by Crippen LogP contribution is 2.10. The molecular formula is C16H19ClN2O2S. The molecule has 0 aliphatic rings. The maximum atomic E-state index is 11.9. The fourth-order valence-electron chi connectivity index (χ4n) is 1.95. The number of hydrogen-bond donors (Lipinski definition) is 2. The van der Waals surface area contributed by atoms with E-state index in [1.54, 1.807) is 0 Å². The van der Waals surface area contributed by atoms with Gasteiger partial charge in [-0.15, -0.1) is 0 Å². The van der Waals surface area contributed by atoms with Gasteiger partial charge in [0, 0.05) is 24.7 Å². The molecule has 0 fully saturated rings. The van der Waals surface area contributed by atoms with Gasteiger partial charge in [0.15, 0.2) is 0 Å². The molecule has 0 aliphatic carbocycles. The molecule has 6 heteroatoms. The summed E-state index contributed by atoms with van der Waals surface area (Å²) in [7, 11) is -3.28. The zero-order valence-electron chi connectivity index (χ0n) is 12.1. The fourth-order valence-corrected chi connectivity index (χ4v) is 3.10. The predicted octanol–water partition coefficient (Wildman–Crippen LogP) is 2.55. The van der Waals surface area contributed by atoms with Crippen LogP contribution in [0.15, 0.2) is 54.6 Å². The molecule has 0 atom stereocenters. The lowest BCUT2D eigenvalue weighted by molar-refractivity contribution is 0.576. The van der Waals surface area contributed by atoms with Gasteiger partial charge >= 0.3 is 0 Å². The predicted molar refractivity (Wildman–Crippen MR) is 90.2 cm³/mol. The summed E-state index contributed by atoms with van der Waals surface area (Å²) in [5.74, 6) is 0.0421. The average Bonchev–Trinajstić information content (AvgIpc) is 2.51. The van der Waals surface area contributed by atoms with Crippen LogP contribution < -0.4 is 10.0 Å². The smallest absolute Gasteiger partial charge is 0.213 e. The zero-order chi connectivity index (χ0) is 15.8. The Bertz CT molecular complexity index is 690. The summed E-state index contributed by atoms with van der Waals surface area (Å²) in [5.41, 5.74) is 1.97. The van der Waals surface area contributed by atoms with Crippen LogP contribution in [0.2, 0.25) is 5.02 Å². The molecule has 2 aromatic carbocycles. The monoisotopic (exact) mass is 338 g/mol. The van der Waals surface area contributed by atoms with Crippen LogP contribution >= 0.6 is 11.6 Å². The van der Waals surface area contributed by atoms with Crippen molar-refractivity contribution in [3.63, 3.8) is 0 Å². The number of hydrogen-bond acceptors (Lipinski definition) is 3. The van der Waals surface area contributed by atoms with E-state index in [4.69, 9.17) is 11.6 Å². The van der Waals surface area contributed by atoms with Crippen LogP contribution in [0.25, 0.3) is 0 Å². The van der Waals surface area contributed by atoms with Crippen LogP contribution in [0.5, 0.6) is 0 Å². The molecule has 22 heavy (non-hydrogen) atoms. The van der Waals surface area contributed by atoms with Gasteiger partial charge in [-0.2, -0.15) is 0 Å². The highest BCUT2D eigenvalue weighted by molar-refractivity contribution is 7.89. The van der Waals surface area contributed by atoms with E-state index in [1.807, 2.05) is 54.6 Å². The molecule has 0 saturated heterocycles. The Hall–Kier alpha value is -1.40. The van der Waals surface area contributed by atoms with Crippen LogP contribution in [-0.4, -0.2) is 20.7 Å². The number of halogens is 1. The lowest BCUT2D eigenvalue weighted by atomic mass is 10.2. The normalized spacial score (nSPS) is 11.5. The third-order valence-electron chi connectivity index (χ3n) is 3.10. The average molecular weight is 339 g/mol. The highest BCUT2D eigenvalue weighted by Gasteiger charge is 2.09. The molecule has 0 spiro atoms. The van der Waals surface area contributed by atoms with Crippen molar-refractivity contribution in [1.29, 1.82) is 0 Å². The third-order valence-corrected chi connectivity index (χ3v) is 4.67. The molecule has 0 unspecified atom stereocenters. The van der Waals surface area contributed by atoms with E-state index in [0.717, 1.165) is 11.1 Å². The Labute approximate surface area is 136 Å². The van der Waals surface area contributed by atoms with E-state index in [9.17, 15) is 8.42 Å². The second-order valence-electron chi connectivity index (χ2n) is 4.93. The second-order valence-corrected chi connectivity index (χ2v) is 7.30. The van der Waals surface area contributed by atoms with E-state index in [1.165, 1.54) is 0 Å². The summed E-state index contributed by atoms with van der Waals surface area (Å²) < 4.78 is 26.4. The first kappa shape index (κ1) is 17.0. The minimum atomic E-state index is -3.28.